The van der Waals surface area contributed by atoms with Gasteiger partial charge in [-0.3, -0.25) is 15.6 Å². The highest BCUT2D eigenvalue weighted by atomic mass is 16.5. The molecular formula is C20H31N3O2. The molecule has 2 fully saturated rings. The molecular weight excluding hydrogens is 314 g/mol. The number of carbonyl (C=O) groups excluding carboxylic acids is 1. The molecule has 2 N–H and O–H groups in total. The molecule has 3 rings (SSSR count). The van der Waals surface area contributed by atoms with Crippen LogP contribution in [-0.4, -0.2) is 43.2 Å². The van der Waals surface area contributed by atoms with Gasteiger partial charge < -0.3 is 9.64 Å². The number of nitrogens with one attached hydrogen (secondary N) is 2. The molecule has 1 amide bonds. The molecule has 0 radical (unpaired) electrons. The van der Waals surface area contributed by atoms with E-state index in [0.717, 1.165) is 45.3 Å². The molecule has 0 aliphatic carbocycles. The fraction of sp³-hybridized carbons (Fsp3) is 0.650. The summed E-state index contributed by atoms with van der Waals surface area (Å²) < 4.78 is 5.47. The molecule has 1 aromatic carbocycles. The van der Waals surface area contributed by atoms with Crippen LogP contribution in [0.25, 0.3) is 0 Å². The second-order valence-corrected chi connectivity index (χ2v) is 7.30. The Bertz CT molecular complexity index is 531. The molecule has 0 saturated carbocycles. The topological polar surface area (TPSA) is 53.6 Å². The quantitative estimate of drug-likeness (QED) is 0.712. The SMILES string of the molecule is CN(CCCCCC1CC(c2ccccc2)NN1)C(=O)C1CCCO1. The summed E-state index contributed by atoms with van der Waals surface area (Å²) in [4.78, 5) is 14.0. The van der Waals surface area contributed by atoms with Gasteiger partial charge in [-0.1, -0.05) is 43.2 Å². The summed E-state index contributed by atoms with van der Waals surface area (Å²) in [5.41, 5.74) is 8.19. The maximum atomic E-state index is 12.2. The zero-order chi connectivity index (χ0) is 17.5. The molecule has 5 heteroatoms. The first kappa shape index (κ1) is 18.4. The standard InChI is InChI=1S/C20H31N3O2/c1-23(20(24)19-12-8-14-25-19)13-7-3-6-11-17-15-18(22-21-17)16-9-4-2-5-10-16/h2,4-5,9-10,17-19,21-22H,3,6-8,11-15H2,1H3. The van der Waals surface area contributed by atoms with Crippen LogP contribution < -0.4 is 10.9 Å². The minimum atomic E-state index is -0.186. The van der Waals surface area contributed by atoms with E-state index in [2.05, 4.69) is 41.2 Å². The molecule has 5 nitrogen and oxygen atoms in total. The van der Waals surface area contributed by atoms with E-state index in [1.807, 2.05) is 11.9 Å². The maximum Gasteiger partial charge on any atom is 0.251 e. The van der Waals surface area contributed by atoms with Crippen molar-refractivity contribution in [2.75, 3.05) is 20.2 Å². The molecule has 3 atom stereocenters. The van der Waals surface area contributed by atoms with Gasteiger partial charge in [0.25, 0.3) is 5.91 Å². The van der Waals surface area contributed by atoms with Gasteiger partial charge in [0.05, 0.1) is 0 Å². The largest absolute Gasteiger partial charge is 0.368 e. The molecule has 0 spiro atoms. The Morgan fingerprint density at radius 3 is 2.80 bits per heavy atom. The Hall–Kier alpha value is -1.43. The van der Waals surface area contributed by atoms with E-state index >= 15 is 0 Å². The lowest BCUT2D eigenvalue weighted by Gasteiger charge is -2.20. The second-order valence-electron chi connectivity index (χ2n) is 7.30. The van der Waals surface area contributed by atoms with Crippen molar-refractivity contribution in [2.24, 2.45) is 0 Å². The molecule has 2 aliphatic heterocycles. The summed E-state index contributed by atoms with van der Waals surface area (Å²) in [6, 6.07) is 11.6. The monoisotopic (exact) mass is 345 g/mol. The first-order chi connectivity index (χ1) is 12.2. The number of benzene rings is 1. The van der Waals surface area contributed by atoms with E-state index < -0.39 is 0 Å². The smallest absolute Gasteiger partial charge is 0.251 e. The number of hydrogen-bond acceptors (Lipinski definition) is 4. The van der Waals surface area contributed by atoms with Crippen molar-refractivity contribution in [3.63, 3.8) is 0 Å². The van der Waals surface area contributed by atoms with Crippen molar-refractivity contribution in [3.8, 4) is 0 Å². The summed E-state index contributed by atoms with van der Waals surface area (Å²) in [6.45, 7) is 1.57. The highest BCUT2D eigenvalue weighted by Crippen LogP contribution is 2.24. The summed E-state index contributed by atoms with van der Waals surface area (Å²) in [7, 11) is 1.90. The summed E-state index contributed by atoms with van der Waals surface area (Å²) in [5.74, 6) is 0.157. The Balaban J connectivity index is 1.27. The molecule has 1 aromatic rings. The van der Waals surface area contributed by atoms with E-state index in [-0.39, 0.29) is 12.0 Å². The first-order valence-corrected chi connectivity index (χ1v) is 9.66. The third kappa shape index (κ3) is 5.27. The van der Waals surface area contributed by atoms with Gasteiger partial charge in [-0.2, -0.15) is 0 Å². The van der Waals surface area contributed by atoms with Crippen LogP contribution in [-0.2, 0) is 9.53 Å². The molecule has 138 valence electrons. The number of ether oxygens (including phenoxy) is 1. The van der Waals surface area contributed by atoms with Crippen LogP contribution in [0.3, 0.4) is 0 Å². The van der Waals surface area contributed by atoms with E-state index in [1.165, 1.54) is 18.4 Å². The van der Waals surface area contributed by atoms with Gasteiger partial charge >= 0.3 is 0 Å². The predicted octanol–water partition coefficient (Wildman–Crippen LogP) is 2.79. The average Bonchev–Trinajstić information content (AvgIpc) is 3.33. The van der Waals surface area contributed by atoms with E-state index in [4.69, 9.17) is 4.74 Å². The number of likely N-dealkylation sites (N-methyl/N-ethyl adjacent to an activating group) is 1. The highest BCUT2D eigenvalue weighted by Gasteiger charge is 2.26. The minimum Gasteiger partial charge on any atom is -0.368 e. The Kier molecular flexibility index (Phi) is 6.84. The zero-order valence-corrected chi connectivity index (χ0v) is 15.2. The summed E-state index contributed by atoms with van der Waals surface area (Å²) >= 11 is 0. The number of rotatable bonds is 8. The lowest BCUT2D eigenvalue weighted by molar-refractivity contribution is -0.139. The molecule has 25 heavy (non-hydrogen) atoms. The average molecular weight is 345 g/mol. The fourth-order valence-electron chi connectivity index (χ4n) is 3.76. The number of hydrogen-bond donors (Lipinski definition) is 2. The van der Waals surface area contributed by atoms with Crippen molar-refractivity contribution in [3.05, 3.63) is 35.9 Å². The third-order valence-electron chi connectivity index (χ3n) is 5.31. The molecule has 0 bridgehead atoms. The number of carbonyl (C=O) groups is 1. The first-order valence-electron chi connectivity index (χ1n) is 9.66. The van der Waals surface area contributed by atoms with Crippen molar-refractivity contribution < 1.29 is 9.53 Å². The Labute approximate surface area is 151 Å². The van der Waals surface area contributed by atoms with Gasteiger partial charge in [-0.05, 0) is 37.7 Å². The van der Waals surface area contributed by atoms with Gasteiger partial charge in [0, 0.05) is 32.3 Å². The van der Waals surface area contributed by atoms with E-state index in [9.17, 15) is 4.79 Å². The van der Waals surface area contributed by atoms with Crippen LogP contribution in [0.2, 0.25) is 0 Å². The van der Waals surface area contributed by atoms with E-state index in [1.54, 1.807) is 0 Å². The normalized spacial score (nSPS) is 26.0. The number of nitrogens with zero attached hydrogens (tertiary/aromatic N) is 1. The lowest BCUT2D eigenvalue weighted by Crippen LogP contribution is -2.36. The van der Waals surface area contributed by atoms with Crippen molar-refractivity contribution >= 4 is 5.91 Å². The molecule has 0 aromatic heterocycles. The minimum absolute atomic E-state index is 0.157. The van der Waals surface area contributed by atoms with Gasteiger partial charge in [-0.25, -0.2) is 0 Å². The zero-order valence-electron chi connectivity index (χ0n) is 15.2. The summed E-state index contributed by atoms with van der Waals surface area (Å²) in [6.07, 6.45) is 7.45. The van der Waals surface area contributed by atoms with Crippen LogP contribution in [0.5, 0.6) is 0 Å². The Morgan fingerprint density at radius 1 is 1.20 bits per heavy atom. The van der Waals surface area contributed by atoms with Crippen LogP contribution in [0.4, 0.5) is 0 Å². The molecule has 2 saturated heterocycles. The Morgan fingerprint density at radius 2 is 2.04 bits per heavy atom. The second kappa shape index (κ2) is 9.32. The lowest BCUT2D eigenvalue weighted by atomic mass is 9.99. The number of hydrazine groups is 1. The summed E-state index contributed by atoms with van der Waals surface area (Å²) in [5, 5.41) is 0. The van der Waals surface area contributed by atoms with Gasteiger partial charge in [0.1, 0.15) is 6.10 Å². The predicted molar refractivity (Wildman–Crippen MR) is 98.9 cm³/mol. The molecule has 2 heterocycles. The van der Waals surface area contributed by atoms with Crippen molar-refractivity contribution in [2.45, 2.75) is 63.1 Å². The van der Waals surface area contributed by atoms with Gasteiger partial charge in [0.2, 0.25) is 0 Å². The van der Waals surface area contributed by atoms with Crippen LogP contribution >= 0.6 is 0 Å². The van der Waals surface area contributed by atoms with E-state index in [0.29, 0.717) is 12.1 Å². The van der Waals surface area contributed by atoms with Gasteiger partial charge in [0.15, 0.2) is 0 Å². The number of unbranched alkanes of at least 4 members (excludes halogenated alkanes) is 2. The van der Waals surface area contributed by atoms with Crippen molar-refractivity contribution in [1.82, 2.24) is 15.8 Å². The maximum absolute atomic E-state index is 12.2. The van der Waals surface area contributed by atoms with Gasteiger partial charge in [-0.15, -0.1) is 0 Å². The van der Waals surface area contributed by atoms with Crippen LogP contribution in [0, 0.1) is 0 Å². The fourth-order valence-corrected chi connectivity index (χ4v) is 3.76. The molecule has 3 unspecified atom stereocenters. The van der Waals surface area contributed by atoms with Crippen LogP contribution in [0.15, 0.2) is 30.3 Å². The number of amides is 1. The highest BCUT2D eigenvalue weighted by molar-refractivity contribution is 5.80. The van der Waals surface area contributed by atoms with Crippen LogP contribution in [0.1, 0.15) is 56.6 Å². The van der Waals surface area contributed by atoms with Crippen molar-refractivity contribution in [1.29, 1.82) is 0 Å². The third-order valence-corrected chi connectivity index (χ3v) is 5.31. The molecule has 2 aliphatic rings.